The number of hydrogen-bond acceptors (Lipinski definition) is 4. The molecule has 1 fully saturated rings. The summed E-state index contributed by atoms with van der Waals surface area (Å²) in [5.74, 6) is 0.880. The Morgan fingerprint density at radius 2 is 1.85 bits per heavy atom. The number of benzene rings is 2. The normalized spacial score (nSPS) is 14.7. The van der Waals surface area contributed by atoms with Crippen LogP contribution in [0.2, 0.25) is 0 Å². The van der Waals surface area contributed by atoms with Gasteiger partial charge in [-0.15, -0.1) is 0 Å². The molecule has 1 aliphatic heterocycles. The molecule has 2 aromatic rings. The maximum absolute atomic E-state index is 12.3. The molecule has 3 rings (SSSR count). The van der Waals surface area contributed by atoms with E-state index in [4.69, 9.17) is 4.74 Å². The third kappa shape index (κ3) is 4.78. The molecule has 27 heavy (non-hydrogen) atoms. The van der Waals surface area contributed by atoms with Crippen LogP contribution in [0.5, 0.6) is 5.75 Å². The number of hydrogen-bond donors (Lipinski definition) is 2. The zero-order valence-electron chi connectivity index (χ0n) is 15.7. The molecule has 1 heterocycles. The second-order valence-corrected chi connectivity index (χ2v) is 6.63. The Kier molecular flexibility index (Phi) is 5.96. The van der Waals surface area contributed by atoms with Crippen LogP contribution in [-0.2, 0) is 16.1 Å². The smallest absolute Gasteiger partial charge is 0.242 e. The van der Waals surface area contributed by atoms with Gasteiger partial charge in [-0.25, -0.2) is 0 Å². The lowest BCUT2D eigenvalue weighted by Gasteiger charge is -2.18. The first-order chi connectivity index (χ1) is 13.1. The van der Waals surface area contributed by atoms with Gasteiger partial charge in [-0.1, -0.05) is 12.1 Å². The van der Waals surface area contributed by atoms with Gasteiger partial charge in [0.2, 0.25) is 11.8 Å². The number of nitrogens with zero attached hydrogens (tertiary/aromatic N) is 1. The van der Waals surface area contributed by atoms with E-state index >= 15 is 0 Å². The summed E-state index contributed by atoms with van der Waals surface area (Å²) >= 11 is 0. The Morgan fingerprint density at radius 1 is 1.15 bits per heavy atom. The average Bonchev–Trinajstić information content (AvgIpc) is 3.13. The predicted molar refractivity (Wildman–Crippen MR) is 106 cm³/mol. The fourth-order valence-corrected chi connectivity index (χ4v) is 3.06. The standard InChI is InChI=1S/C21H25N3O3/c1-15(21(26)22-14-16-5-11-19(27-2)12-6-16)23-17-7-9-18(10-8-17)24-13-3-4-20(24)25/h5-12,15,23H,3-4,13-14H2,1-2H3,(H,22,26)/t15-/m0/s1. The lowest BCUT2D eigenvalue weighted by molar-refractivity contribution is -0.121. The summed E-state index contributed by atoms with van der Waals surface area (Å²) in [6.45, 7) is 3.06. The van der Waals surface area contributed by atoms with E-state index in [-0.39, 0.29) is 17.9 Å². The molecule has 0 unspecified atom stereocenters. The lowest BCUT2D eigenvalue weighted by atomic mass is 10.2. The van der Waals surface area contributed by atoms with Gasteiger partial charge in [0, 0.05) is 30.9 Å². The maximum Gasteiger partial charge on any atom is 0.242 e. The van der Waals surface area contributed by atoms with Crippen molar-refractivity contribution in [3.63, 3.8) is 0 Å². The fourth-order valence-electron chi connectivity index (χ4n) is 3.06. The second kappa shape index (κ2) is 8.58. The molecule has 0 saturated carbocycles. The molecular weight excluding hydrogens is 342 g/mol. The van der Waals surface area contributed by atoms with Gasteiger partial charge in [-0.05, 0) is 55.3 Å². The Balaban J connectivity index is 1.50. The van der Waals surface area contributed by atoms with Gasteiger partial charge >= 0.3 is 0 Å². The lowest BCUT2D eigenvalue weighted by Crippen LogP contribution is -2.37. The van der Waals surface area contributed by atoms with Crippen LogP contribution in [-0.4, -0.2) is 31.5 Å². The first-order valence-electron chi connectivity index (χ1n) is 9.14. The maximum atomic E-state index is 12.3. The van der Waals surface area contributed by atoms with Crippen LogP contribution in [0.25, 0.3) is 0 Å². The number of nitrogens with one attached hydrogen (secondary N) is 2. The molecule has 6 heteroatoms. The topological polar surface area (TPSA) is 70.7 Å². The van der Waals surface area contributed by atoms with Crippen molar-refractivity contribution in [3.8, 4) is 5.75 Å². The fraction of sp³-hybridized carbons (Fsp3) is 0.333. The number of anilines is 2. The number of rotatable bonds is 7. The van der Waals surface area contributed by atoms with Crippen LogP contribution in [0, 0.1) is 0 Å². The van der Waals surface area contributed by atoms with Crippen LogP contribution in [0.1, 0.15) is 25.3 Å². The van der Waals surface area contributed by atoms with E-state index in [1.54, 1.807) is 12.0 Å². The van der Waals surface area contributed by atoms with Gasteiger partial charge in [0.15, 0.2) is 0 Å². The summed E-state index contributed by atoms with van der Waals surface area (Å²) in [6, 6.07) is 14.8. The summed E-state index contributed by atoms with van der Waals surface area (Å²) in [7, 11) is 1.62. The predicted octanol–water partition coefficient (Wildman–Crippen LogP) is 2.94. The van der Waals surface area contributed by atoms with Gasteiger partial charge in [0.05, 0.1) is 7.11 Å². The molecular formula is C21H25N3O3. The van der Waals surface area contributed by atoms with Crippen molar-refractivity contribution < 1.29 is 14.3 Å². The van der Waals surface area contributed by atoms with Crippen molar-refractivity contribution in [2.24, 2.45) is 0 Å². The number of ether oxygens (including phenoxy) is 1. The average molecular weight is 367 g/mol. The zero-order chi connectivity index (χ0) is 19.2. The third-order valence-corrected chi connectivity index (χ3v) is 4.65. The van der Waals surface area contributed by atoms with E-state index in [0.717, 1.165) is 35.7 Å². The highest BCUT2D eigenvalue weighted by Gasteiger charge is 2.21. The van der Waals surface area contributed by atoms with Crippen molar-refractivity contribution in [3.05, 3.63) is 54.1 Å². The first-order valence-corrected chi connectivity index (χ1v) is 9.14. The van der Waals surface area contributed by atoms with Gasteiger partial charge in [-0.3, -0.25) is 9.59 Å². The quantitative estimate of drug-likeness (QED) is 0.789. The largest absolute Gasteiger partial charge is 0.497 e. The van der Waals surface area contributed by atoms with Crippen molar-refractivity contribution in [2.75, 3.05) is 23.9 Å². The molecule has 0 spiro atoms. The zero-order valence-corrected chi connectivity index (χ0v) is 15.7. The summed E-state index contributed by atoms with van der Waals surface area (Å²) in [5, 5.41) is 6.11. The summed E-state index contributed by atoms with van der Waals surface area (Å²) in [6.07, 6.45) is 1.52. The molecule has 0 radical (unpaired) electrons. The van der Waals surface area contributed by atoms with Crippen molar-refractivity contribution >= 4 is 23.2 Å². The van der Waals surface area contributed by atoms with Crippen molar-refractivity contribution in [1.29, 1.82) is 0 Å². The summed E-state index contributed by atoms with van der Waals surface area (Å²) < 4.78 is 5.13. The Labute approximate surface area is 159 Å². The SMILES string of the molecule is COc1ccc(CNC(=O)[C@H](C)Nc2ccc(N3CCCC3=O)cc2)cc1. The van der Waals surface area contributed by atoms with E-state index in [1.165, 1.54) is 0 Å². The number of methoxy groups -OCH3 is 1. The molecule has 2 amide bonds. The van der Waals surface area contributed by atoms with Crippen LogP contribution in [0.15, 0.2) is 48.5 Å². The molecule has 6 nitrogen and oxygen atoms in total. The minimum absolute atomic E-state index is 0.0791. The first kappa shape index (κ1) is 18.8. The molecule has 0 bridgehead atoms. The highest BCUT2D eigenvalue weighted by molar-refractivity contribution is 5.95. The minimum atomic E-state index is -0.373. The Bertz CT molecular complexity index is 787. The van der Waals surface area contributed by atoms with E-state index in [2.05, 4.69) is 10.6 Å². The van der Waals surface area contributed by atoms with Crippen LogP contribution >= 0.6 is 0 Å². The highest BCUT2D eigenvalue weighted by Crippen LogP contribution is 2.23. The molecule has 0 aromatic heterocycles. The molecule has 2 aromatic carbocycles. The van der Waals surface area contributed by atoms with Crippen LogP contribution < -0.4 is 20.3 Å². The number of carbonyl (C=O) groups excluding carboxylic acids is 2. The second-order valence-electron chi connectivity index (χ2n) is 6.63. The third-order valence-electron chi connectivity index (χ3n) is 4.65. The summed E-state index contributed by atoms with van der Waals surface area (Å²) in [5.41, 5.74) is 2.76. The van der Waals surface area contributed by atoms with E-state index in [9.17, 15) is 9.59 Å². The van der Waals surface area contributed by atoms with E-state index in [1.807, 2.05) is 55.5 Å². The van der Waals surface area contributed by atoms with Gasteiger partial charge < -0.3 is 20.3 Å². The van der Waals surface area contributed by atoms with Gasteiger partial charge in [0.25, 0.3) is 0 Å². The number of amides is 2. The molecule has 1 aliphatic rings. The Morgan fingerprint density at radius 3 is 2.44 bits per heavy atom. The molecule has 1 atom stereocenters. The number of carbonyl (C=O) groups is 2. The van der Waals surface area contributed by atoms with Gasteiger partial charge in [-0.2, -0.15) is 0 Å². The van der Waals surface area contributed by atoms with Crippen molar-refractivity contribution in [1.82, 2.24) is 5.32 Å². The molecule has 142 valence electrons. The van der Waals surface area contributed by atoms with E-state index in [0.29, 0.717) is 13.0 Å². The molecule has 2 N–H and O–H groups in total. The summed E-state index contributed by atoms with van der Waals surface area (Å²) in [4.78, 5) is 25.9. The van der Waals surface area contributed by atoms with Crippen LogP contribution in [0.3, 0.4) is 0 Å². The van der Waals surface area contributed by atoms with Crippen molar-refractivity contribution in [2.45, 2.75) is 32.4 Å². The monoisotopic (exact) mass is 367 g/mol. The van der Waals surface area contributed by atoms with Gasteiger partial charge in [0.1, 0.15) is 11.8 Å². The van der Waals surface area contributed by atoms with Crippen LogP contribution in [0.4, 0.5) is 11.4 Å². The molecule has 0 aliphatic carbocycles. The van der Waals surface area contributed by atoms with E-state index < -0.39 is 0 Å². The molecule has 1 saturated heterocycles. The highest BCUT2D eigenvalue weighted by atomic mass is 16.5. The Hall–Kier alpha value is -3.02. The minimum Gasteiger partial charge on any atom is -0.497 e.